The van der Waals surface area contributed by atoms with Gasteiger partial charge < -0.3 is 24.7 Å². The number of hydrogen-bond donors (Lipinski definition) is 2. The summed E-state index contributed by atoms with van der Waals surface area (Å²) in [5.74, 6) is -1.05. The maximum Gasteiger partial charge on any atom is 0.269 e. The highest BCUT2D eigenvalue weighted by molar-refractivity contribution is 6.09. The molecule has 2 atom stereocenters. The molecule has 9 nitrogen and oxygen atoms in total. The highest BCUT2D eigenvalue weighted by Crippen LogP contribution is 2.47. The van der Waals surface area contributed by atoms with Crippen LogP contribution >= 0.6 is 0 Å². The molecule has 0 saturated heterocycles. The summed E-state index contributed by atoms with van der Waals surface area (Å²) in [6, 6.07) is 21.9. The minimum absolute atomic E-state index is 0.0449. The van der Waals surface area contributed by atoms with E-state index in [1.807, 2.05) is 42.5 Å². The van der Waals surface area contributed by atoms with Crippen LogP contribution in [-0.4, -0.2) is 59.6 Å². The number of amides is 3. The monoisotopic (exact) mass is 555 g/mol. The molecule has 2 aliphatic rings. The minimum atomic E-state index is -1.90. The minimum Gasteiger partial charge on any atom is -0.482 e. The first-order chi connectivity index (χ1) is 19.8. The topological polar surface area (TPSA) is 111 Å². The van der Waals surface area contributed by atoms with E-state index in [1.54, 1.807) is 61.4 Å². The van der Waals surface area contributed by atoms with Crippen LogP contribution in [0.4, 0.5) is 17.1 Å². The van der Waals surface area contributed by atoms with E-state index >= 15 is 0 Å². The fourth-order valence-corrected chi connectivity index (χ4v) is 5.42. The van der Waals surface area contributed by atoms with Crippen molar-refractivity contribution in [3.63, 3.8) is 0 Å². The average Bonchev–Trinajstić information content (AvgIpc) is 3.18. The van der Waals surface area contributed by atoms with Crippen molar-refractivity contribution in [2.24, 2.45) is 5.92 Å². The first kappa shape index (κ1) is 28.1. The molecule has 3 aromatic carbocycles. The second-order valence-electron chi connectivity index (χ2n) is 10.3. The van der Waals surface area contributed by atoms with Crippen LogP contribution in [0.3, 0.4) is 0 Å². The molecule has 0 unspecified atom stereocenters. The van der Waals surface area contributed by atoms with Gasteiger partial charge in [0.2, 0.25) is 5.91 Å². The Morgan fingerprint density at radius 3 is 2.56 bits per heavy atom. The zero-order chi connectivity index (χ0) is 29.1. The number of benzene rings is 3. The fourth-order valence-electron chi connectivity index (χ4n) is 5.42. The van der Waals surface area contributed by atoms with E-state index in [-0.39, 0.29) is 38.0 Å². The summed E-state index contributed by atoms with van der Waals surface area (Å²) in [6.07, 6.45) is 3.36. The largest absolute Gasteiger partial charge is 0.482 e. The summed E-state index contributed by atoms with van der Waals surface area (Å²) in [6.45, 7) is 2.01. The molecular formula is C32H33N3O6. The lowest BCUT2D eigenvalue weighted by molar-refractivity contribution is -0.139. The Labute approximate surface area is 238 Å². The van der Waals surface area contributed by atoms with Crippen LogP contribution in [0.5, 0.6) is 5.75 Å². The van der Waals surface area contributed by atoms with Gasteiger partial charge in [-0.2, -0.15) is 0 Å². The fraction of sp³-hybridized carbons (Fsp3) is 0.281. The lowest BCUT2D eigenvalue weighted by Crippen LogP contribution is -2.43. The quantitative estimate of drug-likeness (QED) is 0.391. The normalized spacial score (nSPS) is 18.7. The van der Waals surface area contributed by atoms with Gasteiger partial charge in [0.05, 0.1) is 18.0 Å². The Morgan fingerprint density at radius 1 is 1.07 bits per heavy atom. The molecule has 0 radical (unpaired) electrons. The van der Waals surface area contributed by atoms with Gasteiger partial charge in [-0.15, -0.1) is 0 Å². The van der Waals surface area contributed by atoms with Crippen molar-refractivity contribution in [3.05, 3.63) is 96.1 Å². The third-order valence-corrected chi connectivity index (χ3v) is 7.66. The number of anilines is 3. The number of nitrogens with zero attached hydrogens (tertiary/aromatic N) is 3. The molecule has 5 rings (SSSR count). The van der Waals surface area contributed by atoms with E-state index < -0.39 is 17.4 Å². The summed E-state index contributed by atoms with van der Waals surface area (Å²) < 4.78 is 5.57. The SMILES string of the molecule is C[C@H](/C=C/CC(=O)N(CCO)Cc1ccccc1)[C@@]1(O)C(=O)N(C)c2ccc(N3C(=O)COc4ccccc43)cc21. The third-order valence-electron chi connectivity index (χ3n) is 7.66. The Balaban J connectivity index is 1.38. The van der Waals surface area contributed by atoms with E-state index in [0.29, 0.717) is 34.9 Å². The van der Waals surface area contributed by atoms with Crippen LogP contribution in [0.25, 0.3) is 0 Å². The molecule has 2 aliphatic heterocycles. The van der Waals surface area contributed by atoms with Gasteiger partial charge in [-0.1, -0.05) is 61.5 Å². The molecular weight excluding hydrogens is 522 g/mol. The maximum absolute atomic E-state index is 13.4. The van der Waals surface area contributed by atoms with Crippen LogP contribution in [0.15, 0.2) is 84.9 Å². The van der Waals surface area contributed by atoms with Crippen LogP contribution in [-0.2, 0) is 26.5 Å². The van der Waals surface area contributed by atoms with Crippen molar-refractivity contribution < 1.29 is 29.3 Å². The van der Waals surface area contributed by atoms with Crippen LogP contribution in [0, 0.1) is 5.92 Å². The van der Waals surface area contributed by atoms with Gasteiger partial charge in [0.15, 0.2) is 12.2 Å². The van der Waals surface area contributed by atoms with E-state index in [4.69, 9.17) is 4.74 Å². The smallest absolute Gasteiger partial charge is 0.269 e. The Hall–Kier alpha value is -4.47. The molecule has 0 saturated carbocycles. The number of carbonyl (C=O) groups excluding carboxylic acids is 3. The van der Waals surface area contributed by atoms with Gasteiger partial charge in [-0.25, -0.2) is 0 Å². The Kier molecular flexibility index (Phi) is 7.92. The number of likely N-dealkylation sites (N-methyl/N-ethyl adjacent to an activating group) is 1. The predicted molar refractivity (Wildman–Crippen MR) is 155 cm³/mol. The van der Waals surface area contributed by atoms with Gasteiger partial charge in [0.1, 0.15) is 5.75 Å². The third kappa shape index (κ3) is 5.21. The molecule has 0 fully saturated rings. The highest BCUT2D eigenvalue weighted by Gasteiger charge is 2.51. The van der Waals surface area contributed by atoms with Crippen molar-refractivity contribution in [1.82, 2.24) is 4.90 Å². The predicted octanol–water partition coefficient (Wildman–Crippen LogP) is 3.51. The zero-order valence-corrected chi connectivity index (χ0v) is 23.1. The molecule has 0 bridgehead atoms. The van der Waals surface area contributed by atoms with Gasteiger partial charge in [-0.05, 0) is 35.9 Å². The summed E-state index contributed by atoms with van der Waals surface area (Å²) in [5.41, 5.74) is 1.08. The molecule has 41 heavy (non-hydrogen) atoms. The van der Waals surface area contributed by atoms with Crippen molar-refractivity contribution in [2.75, 3.05) is 36.6 Å². The molecule has 2 N–H and O–H groups in total. The Bertz CT molecular complexity index is 1490. The van der Waals surface area contributed by atoms with Gasteiger partial charge in [0.25, 0.3) is 11.8 Å². The van der Waals surface area contributed by atoms with Crippen LogP contribution in [0.2, 0.25) is 0 Å². The number of aliphatic hydroxyl groups excluding tert-OH is 1. The van der Waals surface area contributed by atoms with Crippen molar-refractivity contribution >= 4 is 34.8 Å². The molecule has 0 spiro atoms. The molecule has 3 amide bonds. The number of para-hydroxylation sites is 2. The average molecular weight is 556 g/mol. The molecule has 3 aromatic rings. The van der Waals surface area contributed by atoms with Crippen LogP contribution < -0.4 is 14.5 Å². The number of rotatable bonds is 9. The highest BCUT2D eigenvalue weighted by atomic mass is 16.5. The Morgan fingerprint density at radius 2 is 1.80 bits per heavy atom. The molecule has 2 heterocycles. The number of carbonyl (C=O) groups is 3. The molecule has 0 aromatic heterocycles. The maximum atomic E-state index is 13.4. The summed E-state index contributed by atoms with van der Waals surface area (Å²) in [7, 11) is 1.60. The first-order valence-electron chi connectivity index (χ1n) is 13.5. The van der Waals surface area contributed by atoms with Gasteiger partial charge in [-0.3, -0.25) is 19.3 Å². The van der Waals surface area contributed by atoms with Gasteiger partial charge in [0, 0.05) is 43.7 Å². The van der Waals surface area contributed by atoms with Crippen molar-refractivity contribution in [2.45, 2.75) is 25.5 Å². The van der Waals surface area contributed by atoms with Gasteiger partial charge >= 0.3 is 0 Å². The number of fused-ring (bicyclic) bond motifs is 2. The van der Waals surface area contributed by atoms with E-state index in [1.165, 1.54) is 9.80 Å². The molecule has 9 heteroatoms. The zero-order valence-electron chi connectivity index (χ0n) is 23.1. The number of hydrogen-bond acceptors (Lipinski definition) is 6. The van der Waals surface area contributed by atoms with Crippen molar-refractivity contribution in [3.8, 4) is 5.75 Å². The molecule has 212 valence electrons. The lowest BCUT2D eigenvalue weighted by atomic mass is 9.82. The second kappa shape index (κ2) is 11.6. The van der Waals surface area contributed by atoms with Crippen molar-refractivity contribution in [1.29, 1.82) is 0 Å². The summed E-state index contributed by atoms with van der Waals surface area (Å²) >= 11 is 0. The standard InChI is InChI=1S/C32H33N3O6/c1-22(9-8-14-29(37)34(17-18-36)20-23-10-4-3-5-11-23)32(40)25-19-24(15-16-26(25)33(2)31(32)39)35-27-12-6-7-13-28(27)41-21-30(35)38/h3-13,15-16,19,22,36,40H,14,17-18,20-21H2,1-2H3/b9-8+/t22-,32+/m1/s1. The number of ether oxygens (including phenoxy) is 1. The summed E-state index contributed by atoms with van der Waals surface area (Å²) in [4.78, 5) is 43.8. The van der Waals surface area contributed by atoms with E-state index in [9.17, 15) is 24.6 Å². The van der Waals surface area contributed by atoms with E-state index in [2.05, 4.69) is 0 Å². The lowest BCUT2D eigenvalue weighted by Gasteiger charge is -2.31. The second-order valence-corrected chi connectivity index (χ2v) is 10.3. The van der Waals surface area contributed by atoms with E-state index in [0.717, 1.165) is 5.56 Å². The molecule has 0 aliphatic carbocycles. The number of aliphatic hydroxyl groups is 2. The first-order valence-corrected chi connectivity index (χ1v) is 13.5. The van der Waals surface area contributed by atoms with Crippen LogP contribution in [0.1, 0.15) is 24.5 Å². The summed E-state index contributed by atoms with van der Waals surface area (Å²) in [5, 5.41) is 21.4.